The Bertz CT molecular complexity index is 1200. The molecule has 2 amide bonds. The number of aryl methyl sites for hydroxylation is 1. The van der Waals surface area contributed by atoms with Gasteiger partial charge in [0, 0.05) is 13.0 Å². The fourth-order valence-electron chi connectivity index (χ4n) is 4.30. The first-order chi connectivity index (χ1) is 16.3. The Labute approximate surface area is 196 Å². The molecule has 2 aromatic carbocycles. The number of carbonyl (C=O) groups is 3. The summed E-state index contributed by atoms with van der Waals surface area (Å²) in [4.78, 5) is 37.0. The first-order valence-corrected chi connectivity index (χ1v) is 11.0. The molecule has 0 unspecified atom stereocenters. The van der Waals surface area contributed by atoms with Gasteiger partial charge in [0.1, 0.15) is 12.6 Å². The quantitative estimate of drug-likeness (QED) is 0.493. The Morgan fingerprint density at radius 2 is 1.65 bits per heavy atom. The van der Waals surface area contributed by atoms with E-state index in [0.717, 1.165) is 26.9 Å². The van der Waals surface area contributed by atoms with E-state index < -0.39 is 24.0 Å². The van der Waals surface area contributed by atoms with E-state index in [2.05, 4.69) is 27.9 Å². The number of alkyl carbamates (subject to hydrolysis) is 1. The fraction of sp³-hybridized carbons (Fsp3) is 0.280. The van der Waals surface area contributed by atoms with E-state index in [1.54, 1.807) is 13.8 Å². The number of nitrogens with one attached hydrogen (secondary N) is 2. The Kier molecular flexibility index (Phi) is 6.36. The van der Waals surface area contributed by atoms with Gasteiger partial charge in [-0.05, 0) is 28.2 Å². The summed E-state index contributed by atoms with van der Waals surface area (Å²) in [6.45, 7) is 3.67. The molecule has 3 N–H and O–H groups in total. The van der Waals surface area contributed by atoms with E-state index in [1.807, 2.05) is 36.4 Å². The molecule has 1 atom stereocenters. The number of benzene rings is 2. The molecule has 1 heterocycles. The molecule has 0 fully saturated rings. The van der Waals surface area contributed by atoms with Crippen molar-refractivity contribution in [3.8, 4) is 11.1 Å². The molecule has 176 valence electrons. The number of hydrogen-bond donors (Lipinski definition) is 3. The highest BCUT2D eigenvalue weighted by atomic mass is 16.5. The molecule has 0 bridgehead atoms. The minimum absolute atomic E-state index is 0.0555. The first kappa shape index (κ1) is 23.0. The number of ether oxygens (including phenoxy) is 1. The van der Waals surface area contributed by atoms with Crippen molar-refractivity contribution in [1.82, 2.24) is 15.1 Å². The van der Waals surface area contributed by atoms with Crippen LogP contribution in [0.1, 0.15) is 41.4 Å². The van der Waals surface area contributed by atoms with E-state index in [0.29, 0.717) is 0 Å². The number of nitrogens with zero attached hydrogens (tertiary/aromatic N) is 2. The number of fused-ring (bicyclic) bond motifs is 3. The molecule has 9 nitrogen and oxygen atoms in total. The zero-order valence-electron chi connectivity index (χ0n) is 19.1. The molecule has 1 aliphatic carbocycles. The second kappa shape index (κ2) is 9.38. The van der Waals surface area contributed by atoms with Crippen molar-refractivity contribution in [1.29, 1.82) is 0 Å². The van der Waals surface area contributed by atoms with Crippen LogP contribution < -0.4 is 10.6 Å². The van der Waals surface area contributed by atoms with Gasteiger partial charge in [0.25, 0.3) is 0 Å². The van der Waals surface area contributed by atoms with E-state index in [9.17, 15) is 19.5 Å². The molecule has 0 saturated carbocycles. The van der Waals surface area contributed by atoms with Gasteiger partial charge in [0.05, 0.1) is 11.9 Å². The minimum atomic E-state index is -1.22. The van der Waals surface area contributed by atoms with Gasteiger partial charge in [-0.2, -0.15) is 5.10 Å². The van der Waals surface area contributed by atoms with Gasteiger partial charge in [-0.1, -0.05) is 62.4 Å². The smallest absolute Gasteiger partial charge is 0.407 e. The average molecular weight is 463 g/mol. The molecule has 4 rings (SSSR count). The number of carbonyl (C=O) groups excluding carboxylic acids is 2. The lowest BCUT2D eigenvalue weighted by molar-refractivity contribution is -0.119. The normalized spacial score (nSPS) is 13.2. The molecule has 1 aliphatic rings. The van der Waals surface area contributed by atoms with Crippen molar-refractivity contribution in [2.45, 2.75) is 25.8 Å². The number of amides is 2. The maximum Gasteiger partial charge on any atom is 0.407 e. The largest absolute Gasteiger partial charge is 0.476 e. The summed E-state index contributed by atoms with van der Waals surface area (Å²) in [6, 6.07) is 15.1. The van der Waals surface area contributed by atoms with Gasteiger partial charge in [-0.15, -0.1) is 0 Å². The fourth-order valence-corrected chi connectivity index (χ4v) is 4.30. The van der Waals surface area contributed by atoms with Gasteiger partial charge < -0.3 is 20.5 Å². The van der Waals surface area contributed by atoms with Crippen LogP contribution in [-0.4, -0.2) is 45.5 Å². The molecule has 0 radical (unpaired) electrons. The third kappa shape index (κ3) is 4.36. The van der Waals surface area contributed by atoms with Gasteiger partial charge in [-0.25, -0.2) is 9.59 Å². The lowest BCUT2D eigenvalue weighted by atomic mass is 9.98. The predicted octanol–water partition coefficient (Wildman–Crippen LogP) is 3.62. The highest BCUT2D eigenvalue weighted by Gasteiger charge is 2.31. The summed E-state index contributed by atoms with van der Waals surface area (Å²) < 4.78 is 6.70. The SMILES string of the molecule is CC(C)[C@H](NC(=O)OCC1c2ccccc2-c2ccccc21)C(=O)Nc1cnn(C)c1C(=O)O. The maximum atomic E-state index is 12.9. The molecule has 0 saturated heterocycles. The van der Waals surface area contributed by atoms with Crippen LogP contribution in [0.5, 0.6) is 0 Å². The number of aromatic carboxylic acids is 1. The average Bonchev–Trinajstić information content (AvgIpc) is 3.33. The monoisotopic (exact) mass is 462 g/mol. The van der Waals surface area contributed by atoms with Crippen LogP contribution in [0.2, 0.25) is 0 Å². The van der Waals surface area contributed by atoms with Gasteiger partial charge in [-0.3, -0.25) is 9.48 Å². The van der Waals surface area contributed by atoms with Crippen molar-refractivity contribution in [3.63, 3.8) is 0 Å². The van der Waals surface area contributed by atoms with Crippen molar-refractivity contribution in [2.75, 3.05) is 11.9 Å². The molecule has 3 aromatic rings. The molecule has 0 spiro atoms. The zero-order chi connectivity index (χ0) is 24.4. The lowest BCUT2D eigenvalue weighted by Gasteiger charge is -2.22. The van der Waals surface area contributed by atoms with Gasteiger partial charge in [0.2, 0.25) is 5.91 Å². The van der Waals surface area contributed by atoms with Crippen LogP contribution in [0.4, 0.5) is 10.5 Å². The summed E-state index contributed by atoms with van der Waals surface area (Å²) in [5, 5.41) is 18.4. The molecule has 0 aliphatic heterocycles. The van der Waals surface area contributed by atoms with Crippen molar-refractivity contribution < 1.29 is 24.2 Å². The first-order valence-electron chi connectivity index (χ1n) is 11.0. The third-order valence-electron chi connectivity index (χ3n) is 5.97. The van der Waals surface area contributed by atoms with Crippen LogP contribution in [0.25, 0.3) is 11.1 Å². The number of carboxylic acid groups (broad SMARTS) is 1. The van der Waals surface area contributed by atoms with Crippen LogP contribution in [0, 0.1) is 5.92 Å². The number of anilines is 1. The Hall–Kier alpha value is -4.14. The molecular formula is C25H26N4O5. The summed E-state index contributed by atoms with van der Waals surface area (Å²) >= 11 is 0. The van der Waals surface area contributed by atoms with E-state index in [-0.39, 0.29) is 29.8 Å². The van der Waals surface area contributed by atoms with E-state index in [4.69, 9.17) is 4.74 Å². The molecular weight excluding hydrogens is 436 g/mol. The Morgan fingerprint density at radius 3 is 2.21 bits per heavy atom. The summed E-state index contributed by atoms with van der Waals surface area (Å²) in [7, 11) is 1.47. The highest BCUT2D eigenvalue weighted by Crippen LogP contribution is 2.44. The zero-order valence-corrected chi connectivity index (χ0v) is 19.1. The third-order valence-corrected chi connectivity index (χ3v) is 5.97. The number of aromatic nitrogens is 2. The lowest BCUT2D eigenvalue weighted by Crippen LogP contribution is -2.47. The van der Waals surface area contributed by atoms with Crippen molar-refractivity contribution in [2.24, 2.45) is 13.0 Å². The minimum Gasteiger partial charge on any atom is -0.476 e. The van der Waals surface area contributed by atoms with Gasteiger partial charge >= 0.3 is 12.1 Å². The van der Waals surface area contributed by atoms with Crippen LogP contribution in [0.3, 0.4) is 0 Å². The summed E-state index contributed by atoms with van der Waals surface area (Å²) in [5.41, 5.74) is 4.33. The second-order valence-electron chi connectivity index (χ2n) is 8.52. The summed E-state index contributed by atoms with van der Waals surface area (Å²) in [5.74, 6) is -2.15. The number of rotatable bonds is 7. The molecule has 1 aromatic heterocycles. The van der Waals surface area contributed by atoms with Crippen molar-refractivity contribution in [3.05, 3.63) is 71.5 Å². The van der Waals surface area contributed by atoms with Gasteiger partial charge in [0.15, 0.2) is 5.69 Å². The molecule has 9 heteroatoms. The molecule has 34 heavy (non-hydrogen) atoms. The number of carboxylic acids is 1. The van der Waals surface area contributed by atoms with Crippen LogP contribution in [-0.2, 0) is 16.6 Å². The standard InChI is InChI=1S/C25H26N4O5/c1-14(2)21(23(30)27-20-12-26-29(3)22(20)24(31)32)28-25(33)34-13-19-17-10-6-4-8-15(17)16-9-5-7-11-18(16)19/h4-12,14,19,21H,13H2,1-3H3,(H,27,30)(H,28,33)(H,31,32)/t21-/m0/s1. The topological polar surface area (TPSA) is 123 Å². The van der Waals surface area contributed by atoms with Crippen LogP contribution in [0.15, 0.2) is 54.7 Å². The Balaban J connectivity index is 1.43. The maximum absolute atomic E-state index is 12.9. The van der Waals surface area contributed by atoms with Crippen molar-refractivity contribution >= 4 is 23.7 Å². The summed E-state index contributed by atoms with van der Waals surface area (Å²) in [6.07, 6.45) is 0.534. The Morgan fingerprint density at radius 1 is 1.06 bits per heavy atom. The number of hydrogen-bond acceptors (Lipinski definition) is 5. The van der Waals surface area contributed by atoms with Crippen LogP contribution >= 0.6 is 0 Å². The van der Waals surface area contributed by atoms with E-state index >= 15 is 0 Å². The predicted molar refractivity (Wildman–Crippen MR) is 126 cm³/mol. The highest BCUT2D eigenvalue weighted by molar-refractivity contribution is 6.02. The van der Waals surface area contributed by atoms with E-state index in [1.165, 1.54) is 13.2 Å². The second-order valence-corrected chi connectivity index (χ2v) is 8.52.